The van der Waals surface area contributed by atoms with Gasteiger partial charge in [0.15, 0.2) is 0 Å². The van der Waals surface area contributed by atoms with Gasteiger partial charge in [-0.25, -0.2) is 0 Å². The summed E-state index contributed by atoms with van der Waals surface area (Å²) in [5, 5.41) is 9.29. The lowest BCUT2D eigenvalue weighted by molar-refractivity contribution is -0.0483. The van der Waals surface area contributed by atoms with Crippen LogP contribution in [-0.2, 0) is 4.74 Å². The van der Waals surface area contributed by atoms with E-state index in [9.17, 15) is 9.90 Å². The number of aliphatic hydroxyl groups excluding tert-OH is 1. The molecule has 0 radical (unpaired) electrons. The largest absolute Gasteiger partial charge is 0.362 e. The summed E-state index contributed by atoms with van der Waals surface area (Å²) in [5.41, 5.74) is 2.55. The van der Waals surface area contributed by atoms with Crippen LogP contribution in [0.4, 0.5) is 0 Å². The van der Waals surface area contributed by atoms with Crippen LogP contribution in [0.1, 0.15) is 10.4 Å². The Labute approximate surface area is 106 Å². The molecule has 1 N–H and O–H groups in total. The van der Waals surface area contributed by atoms with Gasteiger partial charge in [-0.1, -0.05) is 54.6 Å². The molecule has 92 valence electrons. The van der Waals surface area contributed by atoms with Crippen LogP contribution in [0.25, 0.3) is 11.1 Å². The van der Waals surface area contributed by atoms with Gasteiger partial charge in [0.05, 0.1) is 0 Å². The first-order valence-corrected chi connectivity index (χ1v) is 5.63. The Hall–Kier alpha value is -1.97. The fourth-order valence-electron chi connectivity index (χ4n) is 1.71. The summed E-state index contributed by atoms with van der Waals surface area (Å²) in [4.78, 5) is 11.6. The molecule has 0 unspecified atom stereocenters. The highest BCUT2D eigenvalue weighted by Crippen LogP contribution is 2.19. The average molecular weight is 242 g/mol. The summed E-state index contributed by atoms with van der Waals surface area (Å²) < 4.78 is 4.59. The van der Waals surface area contributed by atoms with Crippen molar-refractivity contribution in [3.63, 3.8) is 0 Å². The predicted molar refractivity (Wildman–Crippen MR) is 69.2 cm³/mol. The SMILES string of the molecule is CO[C@H](O)C(=O)c1ccc(-c2ccccc2)cc1. The summed E-state index contributed by atoms with van der Waals surface area (Å²) in [6.45, 7) is 0. The Kier molecular flexibility index (Phi) is 3.87. The second-order valence-electron chi connectivity index (χ2n) is 3.90. The van der Waals surface area contributed by atoms with Crippen molar-refractivity contribution >= 4 is 5.78 Å². The van der Waals surface area contributed by atoms with E-state index in [1.165, 1.54) is 7.11 Å². The average Bonchev–Trinajstić information content (AvgIpc) is 2.47. The molecule has 0 saturated carbocycles. The number of rotatable bonds is 4. The molecule has 0 spiro atoms. The van der Waals surface area contributed by atoms with Gasteiger partial charge in [-0.3, -0.25) is 4.79 Å². The lowest BCUT2D eigenvalue weighted by atomic mass is 10.0. The normalized spacial score (nSPS) is 12.1. The van der Waals surface area contributed by atoms with Crippen molar-refractivity contribution in [2.45, 2.75) is 6.29 Å². The van der Waals surface area contributed by atoms with Gasteiger partial charge in [-0.05, 0) is 11.1 Å². The number of carbonyl (C=O) groups excluding carboxylic acids is 1. The van der Waals surface area contributed by atoms with Crippen LogP contribution in [0.2, 0.25) is 0 Å². The topological polar surface area (TPSA) is 46.5 Å². The lowest BCUT2D eigenvalue weighted by Crippen LogP contribution is -2.22. The third-order valence-electron chi connectivity index (χ3n) is 2.72. The highest BCUT2D eigenvalue weighted by Gasteiger charge is 2.15. The second-order valence-corrected chi connectivity index (χ2v) is 3.90. The van der Waals surface area contributed by atoms with E-state index < -0.39 is 12.1 Å². The van der Waals surface area contributed by atoms with E-state index in [0.717, 1.165) is 11.1 Å². The van der Waals surface area contributed by atoms with Crippen molar-refractivity contribution < 1.29 is 14.6 Å². The summed E-state index contributed by atoms with van der Waals surface area (Å²) in [5.74, 6) is -0.433. The third-order valence-corrected chi connectivity index (χ3v) is 2.72. The van der Waals surface area contributed by atoms with Gasteiger partial charge in [0.25, 0.3) is 0 Å². The molecule has 2 aromatic carbocycles. The molecule has 0 bridgehead atoms. The van der Waals surface area contributed by atoms with E-state index in [1.54, 1.807) is 12.1 Å². The van der Waals surface area contributed by atoms with E-state index in [4.69, 9.17) is 0 Å². The van der Waals surface area contributed by atoms with Crippen molar-refractivity contribution in [3.8, 4) is 11.1 Å². The molecule has 1 atom stereocenters. The maximum absolute atomic E-state index is 11.6. The van der Waals surface area contributed by atoms with Gasteiger partial charge in [0, 0.05) is 12.7 Å². The number of aliphatic hydroxyl groups is 1. The Morgan fingerprint density at radius 1 is 1.00 bits per heavy atom. The minimum absolute atomic E-state index is 0.433. The molecule has 18 heavy (non-hydrogen) atoms. The molecule has 3 heteroatoms. The monoisotopic (exact) mass is 242 g/mol. The fraction of sp³-hybridized carbons (Fsp3) is 0.133. The van der Waals surface area contributed by atoms with Crippen LogP contribution >= 0.6 is 0 Å². The zero-order valence-electron chi connectivity index (χ0n) is 10.0. The maximum atomic E-state index is 11.6. The summed E-state index contributed by atoms with van der Waals surface area (Å²) >= 11 is 0. The zero-order valence-corrected chi connectivity index (χ0v) is 10.0. The first kappa shape index (κ1) is 12.5. The molecule has 0 amide bonds. The number of ketones is 1. The maximum Gasteiger partial charge on any atom is 0.219 e. The predicted octanol–water partition coefficient (Wildman–Crippen LogP) is 2.50. The molecule has 0 aromatic heterocycles. The molecule has 3 nitrogen and oxygen atoms in total. The van der Waals surface area contributed by atoms with Crippen LogP contribution in [0, 0.1) is 0 Å². The van der Waals surface area contributed by atoms with Crippen molar-refractivity contribution in [2.24, 2.45) is 0 Å². The molecule has 0 fully saturated rings. The first-order valence-electron chi connectivity index (χ1n) is 5.63. The second kappa shape index (κ2) is 5.58. The van der Waals surface area contributed by atoms with Crippen molar-refractivity contribution in [3.05, 3.63) is 60.2 Å². The Bertz CT molecular complexity index is 517. The van der Waals surface area contributed by atoms with Crippen LogP contribution in [0.3, 0.4) is 0 Å². The van der Waals surface area contributed by atoms with Crippen molar-refractivity contribution in [2.75, 3.05) is 7.11 Å². The Morgan fingerprint density at radius 2 is 1.56 bits per heavy atom. The lowest BCUT2D eigenvalue weighted by Gasteiger charge is -2.08. The first-order chi connectivity index (χ1) is 8.72. The minimum atomic E-state index is -1.40. The smallest absolute Gasteiger partial charge is 0.219 e. The molecule has 0 saturated heterocycles. The zero-order chi connectivity index (χ0) is 13.0. The van der Waals surface area contributed by atoms with Crippen LogP contribution in [0.15, 0.2) is 54.6 Å². The van der Waals surface area contributed by atoms with Gasteiger partial charge in [0.1, 0.15) is 0 Å². The number of carbonyl (C=O) groups is 1. The molecule has 0 heterocycles. The van der Waals surface area contributed by atoms with Gasteiger partial charge >= 0.3 is 0 Å². The number of ether oxygens (including phenoxy) is 1. The molecule has 0 aliphatic heterocycles. The third kappa shape index (κ3) is 2.64. The van der Waals surface area contributed by atoms with E-state index in [1.807, 2.05) is 42.5 Å². The molecule has 2 rings (SSSR count). The standard InChI is InChI=1S/C15H14O3/c1-18-15(17)14(16)13-9-7-12(8-10-13)11-5-3-2-4-6-11/h2-10,15,17H,1H3/t15-/m0/s1. The van der Waals surface area contributed by atoms with Crippen LogP contribution < -0.4 is 0 Å². The van der Waals surface area contributed by atoms with E-state index in [2.05, 4.69) is 4.74 Å². The molecule has 2 aromatic rings. The molecular formula is C15H14O3. The number of Topliss-reactive ketones (excluding diaryl/α,β-unsaturated/α-hetero) is 1. The highest BCUT2D eigenvalue weighted by atomic mass is 16.6. The van der Waals surface area contributed by atoms with Crippen LogP contribution in [0.5, 0.6) is 0 Å². The van der Waals surface area contributed by atoms with Gasteiger partial charge in [0.2, 0.25) is 12.1 Å². The number of benzene rings is 2. The molecule has 0 aliphatic carbocycles. The minimum Gasteiger partial charge on any atom is -0.362 e. The van der Waals surface area contributed by atoms with E-state index in [-0.39, 0.29) is 0 Å². The number of hydrogen-bond donors (Lipinski definition) is 1. The summed E-state index contributed by atoms with van der Waals surface area (Å²) in [6.07, 6.45) is -1.40. The van der Waals surface area contributed by atoms with Gasteiger partial charge < -0.3 is 9.84 Å². The summed E-state index contributed by atoms with van der Waals surface area (Å²) in [6, 6.07) is 17.0. The fourth-order valence-corrected chi connectivity index (χ4v) is 1.71. The number of methoxy groups -OCH3 is 1. The van der Waals surface area contributed by atoms with Crippen molar-refractivity contribution in [1.29, 1.82) is 0 Å². The van der Waals surface area contributed by atoms with E-state index in [0.29, 0.717) is 5.56 Å². The van der Waals surface area contributed by atoms with Gasteiger partial charge in [-0.15, -0.1) is 0 Å². The van der Waals surface area contributed by atoms with Crippen LogP contribution in [-0.4, -0.2) is 24.3 Å². The summed E-state index contributed by atoms with van der Waals surface area (Å²) in [7, 11) is 1.29. The Morgan fingerprint density at radius 3 is 2.11 bits per heavy atom. The quantitative estimate of drug-likeness (QED) is 0.662. The number of hydrogen-bond acceptors (Lipinski definition) is 3. The van der Waals surface area contributed by atoms with Crippen molar-refractivity contribution in [1.82, 2.24) is 0 Å². The molecular weight excluding hydrogens is 228 g/mol. The van der Waals surface area contributed by atoms with E-state index >= 15 is 0 Å². The molecule has 0 aliphatic rings. The Balaban J connectivity index is 2.23. The highest BCUT2D eigenvalue weighted by molar-refractivity contribution is 5.98. The van der Waals surface area contributed by atoms with Gasteiger partial charge in [-0.2, -0.15) is 0 Å².